The Bertz CT molecular complexity index is 401. The molecule has 4 heteroatoms. The summed E-state index contributed by atoms with van der Waals surface area (Å²) < 4.78 is 1.93. The third-order valence-electron chi connectivity index (χ3n) is 4.10. The van der Waals surface area contributed by atoms with E-state index >= 15 is 0 Å². The smallest absolute Gasteiger partial charge is 0.0847 e. The number of hydrogen-bond acceptors (Lipinski definition) is 2. The minimum absolute atomic E-state index is 0.508. The van der Waals surface area contributed by atoms with Crippen molar-refractivity contribution in [2.24, 2.45) is 7.05 Å². The third-order valence-corrected chi connectivity index (χ3v) is 4.59. The van der Waals surface area contributed by atoms with Crippen LogP contribution in [-0.2, 0) is 13.5 Å². The molecule has 0 aliphatic carbocycles. The van der Waals surface area contributed by atoms with E-state index in [1.165, 1.54) is 44.9 Å². The number of nitrogens with zero attached hydrogens (tertiary/aromatic N) is 2. The van der Waals surface area contributed by atoms with Crippen molar-refractivity contribution in [3.63, 3.8) is 0 Å². The van der Waals surface area contributed by atoms with Gasteiger partial charge < -0.3 is 5.32 Å². The van der Waals surface area contributed by atoms with E-state index in [0.29, 0.717) is 6.04 Å². The van der Waals surface area contributed by atoms with Crippen LogP contribution in [0.1, 0.15) is 70.2 Å². The zero-order chi connectivity index (χ0) is 15.7. The number of unbranched alkanes of at least 4 members (excludes halogenated alkanes) is 5. The molecule has 21 heavy (non-hydrogen) atoms. The predicted molar refractivity (Wildman–Crippen MR) is 92.1 cm³/mol. The first-order chi connectivity index (χ1) is 10.1. The Hall–Kier alpha value is -0.540. The fourth-order valence-electron chi connectivity index (χ4n) is 2.87. The van der Waals surface area contributed by atoms with Crippen molar-refractivity contribution < 1.29 is 0 Å². The lowest BCUT2D eigenvalue weighted by Crippen LogP contribution is -2.31. The molecular formula is C17H32ClN3. The summed E-state index contributed by atoms with van der Waals surface area (Å²) in [6, 6.07) is 0.508. The van der Waals surface area contributed by atoms with Gasteiger partial charge in [-0.25, -0.2) is 0 Å². The topological polar surface area (TPSA) is 29.9 Å². The summed E-state index contributed by atoms with van der Waals surface area (Å²) >= 11 is 6.37. The molecule has 0 aliphatic rings. The Balaban J connectivity index is 2.42. The summed E-state index contributed by atoms with van der Waals surface area (Å²) in [4.78, 5) is 0. The van der Waals surface area contributed by atoms with Crippen LogP contribution in [0.25, 0.3) is 0 Å². The highest BCUT2D eigenvalue weighted by molar-refractivity contribution is 6.31. The Morgan fingerprint density at radius 1 is 1.14 bits per heavy atom. The van der Waals surface area contributed by atoms with Gasteiger partial charge in [-0.15, -0.1) is 0 Å². The SMILES string of the molecule is CCCCCCCCC(Cc1c(Cl)c(C)nn1C)NCC. The average Bonchev–Trinajstić information content (AvgIpc) is 2.69. The molecule has 0 aliphatic heterocycles. The van der Waals surface area contributed by atoms with Gasteiger partial charge in [0, 0.05) is 19.5 Å². The van der Waals surface area contributed by atoms with Gasteiger partial charge in [0.1, 0.15) is 0 Å². The second-order valence-corrected chi connectivity index (χ2v) is 6.36. The van der Waals surface area contributed by atoms with Crippen LogP contribution in [0, 0.1) is 6.92 Å². The van der Waals surface area contributed by atoms with E-state index < -0.39 is 0 Å². The molecule has 1 aromatic heterocycles. The maximum Gasteiger partial charge on any atom is 0.0847 e. The molecule has 1 heterocycles. The van der Waals surface area contributed by atoms with Crippen molar-refractivity contribution in [3.8, 4) is 0 Å². The molecule has 1 aromatic rings. The highest BCUT2D eigenvalue weighted by Crippen LogP contribution is 2.22. The highest BCUT2D eigenvalue weighted by Gasteiger charge is 2.16. The number of rotatable bonds is 11. The zero-order valence-electron chi connectivity index (χ0n) is 14.2. The molecule has 0 bridgehead atoms. The summed E-state index contributed by atoms with van der Waals surface area (Å²) in [5, 5.41) is 8.84. The predicted octanol–water partition coefficient (Wildman–Crippen LogP) is 4.65. The maximum absolute atomic E-state index is 6.37. The first-order valence-corrected chi connectivity index (χ1v) is 8.89. The number of aryl methyl sites for hydroxylation is 2. The number of halogens is 1. The number of likely N-dealkylation sites (N-methyl/N-ethyl adjacent to an activating group) is 1. The standard InChI is InChI=1S/C17H32ClN3/c1-5-7-8-9-10-11-12-15(19-6-2)13-16-17(18)14(3)20-21(16)4/h15,19H,5-13H2,1-4H3. The summed E-state index contributed by atoms with van der Waals surface area (Å²) in [7, 11) is 1.99. The van der Waals surface area contributed by atoms with Gasteiger partial charge >= 0.3 is 0 Å². The van der Waals surface area contributed by atoms with Crippen LogP contribution in [0.4, 0.5) is 0 Å². The molecule has 0 saturated heterocycles. The van der Waals surface area contributed by atoms with Gasteiger partial charge in [0.2, 0.25) is 0 Å². The van der Waals surface area contributed by atoms with Crippen LogP contribution in [0.15, 0.2) is 0 Å². The molecule has 3 nitrogen and oxygen atoms in total. The van der Waals surface area contributed by atoms with Crippen LogP contribution < -0.4 is 5.32 Å². The lowest BCUT2D eigenvalue weighted by Gasteiger charge is -2.18. The van der Waals surface area contributed by atoms with E-state index in [9.17, 15) is 0 Å². The second-order valence-electron chi connectivity index (χ2n) is 5.98. The van der Waals surface area contributed by atoms with E-state index in [2.05, 4.69) is 24.3 Å². The van der Waals surface area contributed by atoms with Gasteiger partial charge in [-0.1, -0.05) is 64.0 Å². The largest absolute Gasteiger partial charge is 0.314 e. The van der Waals surface area contributed by atoms with Crippen molar-refractivity contribution in [3.05, 3.63) is 16.4 Å². The molecule has 1 rings (SSSR count). The number of aromatic nitrogens is 2. The minimum Gasteiger partial charge on any atom is -0.314 e. The molecule has 1 unspecified atom stereocenters. The van der Waals surface area contributed by atoms with Crippen LogP contribution >= 0.6 is 11.6 Å². The first-order valence-electron chi connectivity index (χ1n) is 8.51. The van der Waals surface area contributed by atoms with Crippen molar-refractivity contribution in [2.45, 2.75) is 78.2 Å². The van der Waals surface area contributed by atoms with E-state index in [1.54, 1.807) is 0 Å². The molecule has 122 valence electrons. The molecule has 0 aromatic carbocycles. The lowest BCUT2D eigenvalue weighted by atomic mass is 10.0. The average molecular weight is 314 g/mol. The van der Waals surface area contributed by atoms with Crippen LogP contribution in [0.5, 0.6) is 0 Å². The quantitative estimate of drug-likeness (QED) is 0.602. The van der Waals surface area contributed by atoms with Gasteiger partial charge in [0.15, 0.2) is 0 Å². The first kappa shape index (κ1) is 18.5. The summed E-state index contributed by atoms with van der Waals surface area (Å²) in [6.45, 7) is 7.42. The second kappa shape index (κ2) is 10.2. The van der Waals surface area contributed by atoms with E-state index in [-0.39, 0.29) is 0 Å². The van der Waals surface area contributed by atoms with Crippen molar-refractivity contribution in [1.82, 2.24) is 15.1 Å². The Kier molecular flexibility index (Phi) is 9.02. The number of nitrogens with one attached hydrogen (secondary N) is 1. The fraction of sp³-hybridized carbons (Fsp3) is 0.824. The normalized spacial score (nSPS) is 12.8. The maximum atomic E-state index is 6.37. The Labute approximate surface area is 135 Å². The van der Waals surface area contributed by atoms with Gasteiger partial charge in [0.05, 0.1) is 16.4 Å². The molecule has 0 saturated carbocycles. The highest BCUT2D eigenvalue weighted by atomic mass is 35.5. The van der Waals surface area contributed by atoms with Gasteiger partial charge in [-0.3, -0.25) is 4.68 Å². The van der Waals surface area contributed by atoms with Crippen molar-refractivity contribution in [2.75, 3.05) is 6.54 Å². The van der Waals surface area contributed by atoms with E-state index in [0.717, 1.165) is 29.4 Å². The van der Waals surface area contributed by atoms with Crippen molar-refractivity contribution in [1.29, 1.82) is 0 Å². The van der Waals surface area contributed by atoms with Crippen LogP contribution in [0.3, 0.4) is 0 Å². The van der Waals surface area contributed by atoms with Crippen LogP contribution in [-0.4, -0.2) is 22.4 Å². The monoisotopic (exact) mass is 313 g/mol. The van der Waals surface area contributed by atoms with Crippen LogP contribution in [0.2, 0.25) is 5.02 Å². The fourth-order valence-corrected chi connectivity index (χ4v) is 3.11. The molecule has 1 atom stereocenters. The van der Waals surface area contributed by atoms with E-state index in [4.69, 9.17) is 11.6 Å². The van der Waals surface area contributed by atoms with E-state index in [1.807, 2.05) is 18.7 Å². The molecule has 0 amide bonds. The Morgan fingerprint density at radius 3 is 2.38 bits per heavy atom. The summed E-state index contributed by atoms with van der Waals surface area (Å²) in [6.07, 6.45) is 10.3. The molecule has 0 fully saturated rings. The molecule has 0 radical (unpaired) electrons. The van der Waals surface area contributed by atoms with Gasteiger partial charge in [-0.05, 0) is 19.9 Å². The summed E-state index contributed by atoms with van der Waals surface area (Å²) in [5.74, 6) is 0. The molecule has 0 spiro atoms. The van der Waals surface area contributed by atoms with Gasteiger partial charge in [-0.2, -0.15) is 5.10 Å². The minimum atomic E-state index is 0.508. The molecular weight excluding hydrogens is 282 g/mol. The molecule has 1 N–H and O–H groups in total. The lowest BCUT2D eigenvalue weighted by molar-refractivity contribution is 0.450. The number of hydrogen-bond donors (Lipinski definition) is 1. The van der Waals surface area contributed by atoms with Crippen molar-refractivity contribution >= 4 is 11.6 Å². The zero-order valence-corrected chi connectivity index (χ0v) is 15.0. The third kappa shape index (κ3) is 6.39. The Morgan fingerprint density at radius 2 is 1.81 bits per heavy atom. The van der Waals surface area contributed by atoms with Gasteiger partial charge in [0.25, 0.3) is 0 Å². The summed E-state index contributed by atoms with van der Waals surface area (Å²) in [5.41, 5.74) is 2.09.